The van der Waals surface area contributed by atoms with Crippen LogP contribution in [0.1, 0.15) is 19.8 Å². The van der Waals surface area contributed by atoms with Crippen LogP contribution in [0, 0.1) is 5.92 Å². The normalized spacial score (nSPS) is 35.7. The molecule has 1 saturated carbocycles. The Labute approximate surface area is 135 Å². The molecule has 1 aliphatic carbocycles. The SMILES string of the molecule is CCN1C=C(C(=O)O)C(=O)C2CC(F)C(N3CCNCC3)CC21. The van der Waals surface area contributed by atoms with E-state index >= 15 is 0 Å². The topological polar surface area (TPSA) is 72.9 Å². The van der Waals surface area contributed by atoms with Gasteiger partial charge in [0.25, 0.3) is 0 Å². The number of aliphatic carboxylic acids is 1. The lowest BCUT2D eigenvalue weighted by Crippen LogP contribution is -2.60. The third-order valence-electron chi connectivity index (χ3n) is 5.38. The molecule has 23 heavy (non-hydrogen) atoms. The highest BCUT2D eigenvalue weighted by molar-refractivity contribution is 6.18. The number of alkyl halides is 1. The molecular formula is C16H24FN3O3. The predicted molar refractivity (Wildman–Crippen MR) is 82.7 cm³/mol. The van der Waals surface area contributed by atoms with Crippen LogP contribution in [0.2, 0.25) is 0 Å². The average Bonchev–Trinajstić information content (AvgIpc) is 2.55. The molecule has 2 N–H and O–H groups in total. The van der Waals surface area contributed by atoms with E-state index in [0.717, 1.165) is 26.2 Å². The summed E-state index contributed by atoms with van der Waals surface area (Å²) in [6.45, 7) is 5.91. The van der Waals surface area contributed by atoms with Gasteiger partial charge >= 0.3 is 5.97 Å². The van der Waals surface area contributed by atoms with Gasteiger partial charge in [-0.1, -0.05) is 0 Å². The molecule has 0 amide bonds. The molecule has 0 spiro atoms. The molecule has 4 unspecified atom stereocenters. The van der Waals surface area contributed by atoms with Crippen molar-refractivity contribution in [1.82, 2.24) is 15.1 Å². The minimum atomic E-state index is -1.22. The van der Waals surface area contributed by atoms with Gasteiger partial charge in [0.15, 0.2) is 5.78 Å². The van der Waals surface area contributed by atoms with Gasteiger partial charge in [-0.05, 0) is 19.8 Å². The molecule has 7 heteroatoms. The summed E-state index contributed by atoms with van der Waals surface area (Å²) in [5.41, 5.74) is -0.207. The molecule has 2 aliphatic heterocycles. The number of nitrogens with zero attached hydrogens (tertiary/aromatic N) is 2. The first-order chi connectivity index (χ1) is 11.0. The molecule has 0 aromatic heterocycles. The second-order valence-corrected chi connectivity index (χ2v) is 6.56. The molecule has 0 radical (unpaired) electrons. The van der Waals surface area contributed by atoms with E-state index in [2.05, 4.69) is 10.2 Å². The largest absolute Gasteiger partial charge is 0.478 e. The second kappa shape index (κ2) is 6.57. The summed E-state index contributed by atoms with van der Waals surface area (Å²) >= 11 is 0. The second-order valence-electron chi connectivity index (χ2n) is 6.56. The quantitative estimate of drug-likeness (QED) is 0.725. The van der Waals surface area contributed by atoms with Crippen LogP contribution in [-0.2, 0) is 9.59 Å². The first-order valence-electron chi connectivity index (χ1n) is 8.36. The maximum Gasteiger partial charge on any atom is 0.340 e. The number of piperazine rings is 1. The number of Topliss-reactive ketones (excluding diaryl/α,β-unsaturated/α-hetero) is 1. The fourth-order valence-electron chi connectivity index (χ4n) is 4.17. The maximum atomic E-state index is 14.7. The van der Waals surface area contributed by atoms with E-state index in [1.54, 1.807) is 0 Å². The van der Waals surface area contributed by atoms with Gasteiger partial charge in [0, 0.05) is 56.9 Å². The number of ketones is 1. The van der Waals surface area contributed by atoms with Crippen LogP contribution in [-0.4, -0.2) is 77.6 Å². The van der Waals surface area contributed by atoms with E-state index in [1.807, 2.05) is 11.8 Å². The number of carbonyl (C=O) groups is 2. The van der Waals surface area contributed by atoms with Crippen LogP contribution in [0.5, 0.6) is 0 Å². The Balaban J connectivity index is 1.83. The van der Waals surface area contributed by atoms with Crippen molar-refractivity contribution in [2.24, 2.45) is 5.92 Å². The number of carboxylic acid groups (broad SMARTS) is 1. The Morgan fingerprint density at radius 3 is 2.65 bits per heavy atom. The molecule has 2 fully saturated rings. The average molecular weight is 325 g/mol. The Morgan fingerprint density at radius 2 is 2.04 bits per heavy atom. The summed E-state index contributed by atoms with van der Waals surface area (Å²) in [6, 6.07) is -0.275. The standard InChI is InChI=1S/C16H24FN3O3/c1-2-19-9-11(16(22)23)15(21)10-7-12(17)14(8-13(10)19)20-5-3-18-4-6-20/h9-10,12-14,18H,2-8H2,1H3,(H,22,23). The number of fused-ring (bicyclic) bond motifs is 1. The number of carbonyl (C=O) groups excluding carboxylic acids is 1. The predicted octanol–water partition coefficient (Wildman–Crippen LogP) is 0.250. The zero-order valence-electron chi connectivity index (χ0n) is 13.4. The summed E-state index contributed by atoms with van der Waals surface area (Å²) in [4.78, 5) is 27.8. The van der Waals surface area contributed by atoms with E-state index in [1.165, 1.54) is 6.20 Å². The van der Waals surface area contributed by atoms with Crippen LogP contribution >= 0.6 is 0 Å². The van der Waals surface area contributed by atoms with Crippen LogP contribution in [0.3, 0.4) is 0 Å². The number of halogens is 1. The Kier molecular flexibility index (Phi) is 4.68. The van der Waals surface area contributed by atoms with Crippen LogP contribution < -0.4 is 5.32 Å². The number of hydrogen-bond donors (Lipinski definition) is 2. The molecule has 4 atom stereocenters. The minimum absolute atomic E-state index is 0.0949. The van der Waals surface area contributed by atoms with E-state index in [0.29, 0.717) is 13.0 Å². The minimum Gasteiger partial charge on any atom is -0.478 e. The summed E-state index contributed by atoms with van der Waals surface area (Å²) in [5.74, 6) is -2.17. The lowest BCUT2D eigenvalue weighted by atomic mass is 9.73. The summed E-state index contributed by atoms with van der Waals surface area (Å²) in [7, 11) is 0. The van der Waals surface area contributed by atoms with Gasteiger partial charge in [-0.3, -0.25) is 9.69 Å². The third-order valence-corrected chi connectivity index (χ3v) is 5.38. The van der Waals surface area contributed by atoms with Gasteiger partial charge in [0.1, 0.15) is 11.7 Å². The van der Waals surface area contributed by atoms with Gasteiger partial charge in [0.2, 0.25) is 0 Å². The van der Waals surface area contributed by atoms with Gasteiger partial charge in [-0.15, -0.1) is 0 Å². The third kappa shape index (κ3) is 2.99. The van der Waals surface area contributed by atoms with Crippen molar-refractivity contribution in [3.63, 3.8) is 0 Å². The Bertz CT molecular complexity index is 519. The van der Waals surface area contributed by atoms with Crippen molar-refractivity contribution in [3.05, 3.63) is 11.8 Å². The molecule has 6 nitrogen and oxygen atoms in total. The van der Waals surface area contributed by atoms with Crippen molar-refractivity contribution in [2.75, 3.05) is 32.7 Å². The van der Waals surface area contributed by atoms with Crippen molar-refractivity contribution in [1.29, 1.82) is 0 Å². The molecule has 128 valence electrons. The lowest BCUT2D eigenvalue weighted by molar-refractivity contribution is -0.138. The van der Waals surface area contributed by atoms with Crippen molar-refractivity contribution in [2.45, 2.75) is 38.0 Å². The van der Waals surface area contributed by atoms with Crippen LogP contribution in [0.15, 0.2) is 11.8 Å². The zero-order chi connectivity index (χ0) is 16.6. The van der Waals surface area contributed by atoms with Crippen molar-refractivity contribution in [3.8, 4) is 0 Å². The van der Waals surface area contributed by atoms with Crippen LogP contribution in [0.4, 0.5) is 4.39 Å². The fraction of sp³-hybridized carbons (Fsp3) is 0.750. The highest BCUT2D eigenvalue weighted by Gasteiger charge is 2.48. The van der Waals surface area contributed by atoms with E-state index in [9.17, 15) is 19.1 Å². The van der Waals surface area contributed by atoms with E-state index in [4.69, 9.17) is 0 Å². The summed E-state index contributed by atoms with van der Waals surface area (Å²) < 4.78 is 14.7. The van der Waals surface area contributed by atoms with Crippen molar-refractivity contribution >= 4 is 11.8 Å². The highest BCUT2D eigenvalue weighted by atomic mass is 19.1. The van der Waals surface area contributed by atoms with E-state index in [-0.39, 0.29) is 24.1 Å². The maximum absolute atomic E-state index is 14.7. The van der Waals surface area contributed by atoms with Gasteiger partial charge in [-0.25, -0.2) is 9.18 Å². The fourth-order valence-corrected chi connectivity index (χ4v) is 4.17. The molecule has 0 aromatic carbocycles. The monoisotopic (exact) mass is 325 g/mol. The van der Waals surface area contributed by atoms with Gasteiger partial charge < -0.3 is 15.3 Å². The molecular weight excluding hydrogens is 301 g/mol. The summed E-state index contributed by atoms with van der Waals surface area (Å²) in [6.07, 6.45) is 1.08. The Hall–Kier alpha value is -1.47. The number of hydrogen-bond acceptors (Lipinski definition) is 5. The van der Waals surface area contributed by atoms with E-state index < -0.39 is 23.8 Å². The van der Waals surface area contributed by atoms with Crippen LogP contribution in [0.25, 0.3) is 0 Å². The lowest BCUT2D eigenvalue weighted by Gasteiger charge is -2.48. The molecule has 1 saturated heterocycles. The molecule has 0 bridgehead atoms. The molecule has 3 rings (SSSR count). The molecule has 3 aliphatic rings. The van der Waals surface area contributed by atoms with Gasteiger partial charge in [0.05, 0.1) is 0 Å². The summed E-state index contributed by atoms with van der Waals surface area (Å²) in [5, 5.41) is 12.5. The Morgan fingerprint density at radius 1 is 1.35 bits per heavy atom. The smallest absolute Gasteiger partial charge is 0.340 e. The number of rotatable bonds is 3. The highest BCUT2D eigenvalue weighted by Crippen LogP contribution is 2.38. The number of nitrogens with one attached hydrogen (secondary N) is 1. The first kappa shape index (κ1) is 16.4. The molecule has 0 aromatic rings. The number of carboxylic acids is 1. The molecule has 2 heterocycles. The first-order valence-corrected chi connectivity index (χ1v) is 8.36. The zero-order valence-corrected chi connectivity index (χ0v) is 13.4. The van der Waals surface area contributed by atoms with Gasteiger partial charge in [-0.2, -0.15) is 0 Å². The van der Waals surface area contributed by atoms with Crippen molar-refractivity contribution < 1.29 is 19.1 Å².